The third kappa shape index (κ3) is 3.21. The minimum atomic E-state index is -0.228. The number of nitrogens with one attached hydrogen (secondary N) is 1. The van der Waals surface area contributed by atoms with Crippen molar-refractivity contribution in [3.05, 3.63) is 18.1 Å². The number of thioether (sulfide) groups is 1. The molecule has 1 saturated heterocycles. The van der Waals surface area contributed by atoms with E-state index in [1.165, 1.54) is 18.5 Å². The van der Waals surface area contributed by atoms with E-state index in [-0.39, 0.29) is 6.10 Å². The van der Waals surface area contributed by atoms with Crippen LogP contribution >= 0.6 is 11.8 Å². The highest BCUT2D eigenvalue weighted by Gasteiger charge is 2.31. The highest BCUT2D eigenvalue weighted by Crippen LogP contribution is 2.26. The Labute approximate surface area is 134 Å². The van der Waals surface area contributed by atoms with E-state index in [1.54, 1.807) is 0 Å². The lowest BCUT2D eigenvalue weighted by molar-refractivity contribution is 0.149. The van der Waals surface area contributed by atoms with Crippen LogP contribution in [0.5, 0.6) is 0 Å². The third-order valence-electron chi connectivity index (χ3n) is 4.13. The van der Waals surface area contributed by atoms with Crippen LogP contribution in [-0.4, -0.2) is 55.7 Å². The highest BCUT2D eigenvalue weighted by molar-refractivity contribution is 7.99. The second-order valence-corrected chi connectivity index (χ2v) is 7.04. The Morgan fingerprint density at radius 3 is 3.14 bits per heavy atom. The molecule has 0 radical (unpaired) electrons. The number of aliphatic hydroxyl groups excluding tert-OH is 1. The monoisotopic (exact) mass is 321 g/mol. The van der Waals surface area contributed by atoms with Crippen LogP contribution in [0.4, 0.5) is 5.82 Å². The van der Waals surface area contributed by atoms with Gasteiger partial charge in [0.15, 0.2) is 5.82 Å². The Morgan fingerprint density at radius 2 is 2.32 bits per heavy atom. The minimum Gasteiger partial charge on any atom is -0.391 e. The number of aromatic nitrogens is 3. The van der Waals surface area contributed by atoms with Crippen LogP contribution < -0.4 is 5.73 Å². The van der Waals surface area contributed by atoms with E-state index >= 15 is 0 Å². The molecule has 0 aromatic carbocycles. The fourth-order valence-electron chi connectivity index (χ4n) is 2.99. The average Bonchev–Trinajstić information content (AvgIpc) is 3.05. The number of aromatic amines is 1. The van der Waals surface area contributed by atoms with Gasteiger partial charge in [0.25, 0.3) is 0 Å². The van der Waals surface area contributed by atoms with Crippen LogP contribution in [0.25, 0.3) is 11.0 Å². The second-order valence-electron chi connectivity index (χ2n) is 5.89. The summed E-state index contributed by atoms with van der Waals surface area (Å²) in [5.74, 6) is 3.05. The summed E-state index contributed by atoms with van der Waals surface area (Å²) in [6.45, 7) is 4.63. The summed E-state index contributed by atoms with van der Waals surface area (Å²) < 4.78 is 0. The number of aliphatic hydroxyl groups is 1. The molecule has 1 aliphatic rings. The predicted octanol–water partition coefficient (Wildman–Crippen LogP) is 1.48. The zero-order chi connectivity index (χ0) is 15.5. The molecule has 7 heteroatoms. The van der Waals surface area contributed by atoms with Crippen LogP contribution in [0.15, 0.2) is 12.5 Å². The Kier molecular flexibility index (Phi) is 4.85. The average molecular weight is 321 g/mol. The molecular weight excluding hydrogens is 298 g/mol. The van der Waals surface area contributed by atoms with E-state index in [2.05, 4.69) is 26.8 Å². The van der Waals surface area contributed by atoms with E-state index in [0.29, 0.717) is 11.7 Å². The van der Waals surface area contributed by atoms with Gasteiger partial charge in [0.1, 0.15) is 11.8 Å². The molecule has 6 nitrogen and oxygen atoms in total. The van der Waals surface area contributed by atoms with Crippen molar-refractivity contribution in [2.45, 2.75) is 26.0 Å². The molecule has 2 atom stereocenters. The first-order chi connectivity index (χ1) is 10.7. The van der Waals surface area contributed by atoms with Crippen molar-refractivity contribution in [2.24, 2.45) is 5.92 Å². The van der Waals surface area contributed by atoms with Gasteiger partial charge in [0.2, 0.25) is 0 Å². The van der Waals surface area contributed by atoms with Gasteiger partial charge in [-0.05, 0) is 17.9 Å². The smallest absolute Gasteiger partial charge is 0.151 e. The molecule has 0 amide bonds. The number of anilines is 1. The van der Waals surface area contributed by atoms with Crippen molar-refractivity contribution in [1.82, 2.24) is 19.9 Å². The fourth-order valence-corrected chi connectivity index (χ4v) is 4.07. The van der Waals surface area contributed by atoms with Gasteiger partial charge >= 0.3 is 0 Å². The summed E-state index contributed by atoms with van der Waals surface area (Å²) in [6.07, 6.45) is 4.40. The molecule has 1 fully saturated rings. The molecule has 2 aromatic heterocycles. The standard InChI is InChI=1S/C15H23N5OS/c1-2-3-22-8-11-6-20(7-12(11)21)5-10-4-17-14-13(10)18-9-19-15(14)16/h4,9,11-12,17,21H,2-3,5-8H2,1H3,(H2,16,18,19)/t11-,12-/m0/s1. The second kappa shape index (κ2) is 6.85. The van der Waals surface area contributed by atoms with E-state index in [1.807, 2.05) is 18.0 Å². The number of hydrogen-bond acceptors (Lipinski definition) is 6. The molecule has 4 N–H and O–H groups in total. The van der Waals surface area contributed by atoms with Gasteiger partial charge in [-0.1, -0.05) is 6.92 Å². The lowest BCUT2D eigenvalue weighted by Crippen LogP contribution is -2.21. The molecule has 0 unspecified atom stereocenters. The van der Waals surface area contributed by atoms with Crippen LogP contribution in [0.2, 0.25) is 0 Å². The van der Waals surface area contributed by atoms with Crippen molar-refractivity contribution >= 4 is 28.6 Å². The molecule has 3 rings (SSSR count). The van der Waals surface area contributed by atoms with Crippen LogP contribution in [-0.2, 0) is 6.54 Å². The maximum absolute atomic E-state index is 10.2. The molecule has 0 aliphatic carbocycles. The molecule has 3 heterocycles. The largest absolute Gasteiger partial charge is 0.391 e. The Bertz CT molecular complexity index is 631. The van der Waals surface area contributed by atoms with E-state index < -0.39 is 0 Å². The zero-order valence-corrected chi connectivity index (χ0v) is 13.6. The summed E-state index contributed by atoms with van der Waals surface area (Å²) in [5.41, 5.74) is 8.64. The quantitative estimate of drug-likeness (QED) is 0.698. The zero-order valence-electron chi connectivity index (χ0n) is 12.8. The van der Waals surface area contributed by atoms with E-state index in [0.717, 1.165) is 42.0 Å². The molecule has 120 valence electrons. The van der Waals surface area contributed by atoms with Crippen molar-refractivity contribution in [3.63, 3.8) is 0 Å². The minimum absolute atomic E-state index is 0.228. The third-order valence-corrected chi connectivity index (χ3v) is 5.49. The topological polar surface area (TPSA) is 91.1 Å². The number of H-pyrrole nitrogens is 1. The number of nitrogens with two attached hydrogens (primary N) is 1. The molecule has 1 aliphatic heterocycles. The first-order valence-corrected chi connectivity index (χ1v) is 8.89. The lowest BCUT2D eigenvalue weighted by Gasteiger charge is -2.14. The molecule has 2 aromatic rings. The van der Waals surface area contributed by atoms with Gasteiger partial charge in [-0.2, -0.15) is 11.8 Å². The molecular formula is C15H23N5OS. The number of likely N-dealkylation sites (tertiary alicyclic amines) is 1. The SMILES string of the molecule is CCCSC[C@@H]1CN(Cc2c[nH]c3c(N)ncnc23)C[C@@H]1O. The maximum atomic E-state index is 10.2. The van der Waals surface area contributed by atoms with Gasteiger partial charge in [-0.25, -0.2) is 9.97 Å². The maximum Gasteiger partial charge on any atom is 0.151 e. The normalized spacial score (nSPS) is 22.6. The fraction of sp³-hybridized carbons (Fsp3) is 0.600. The number of β-amino-alcohol motifs (C(OH)–C–C–N with tert-alkyl or cyclic N) is 1. The van der Waals surface area contributed by atoms with Gasteiger partial charge in [-0.3, -0.25) is 4.90 Å². The number of nitrogen functional groups attached to an aromatic ring is 1. The summed E-state index contributed by atoms with van der Waals surface area (Å²) in [5, 5.41) is 10.2. The summed E-state index contributed by atoms with van der Waals surface area (Å²) in [6, 6.07) is 0. The summed E-state index contributed by atoms with van der Waals surface area (Å²) >= 11 is 1.94. The number of fused-ring (bicyclic) bond motifs is 1. The first kappa shape index (κ1) is 15.6. The molecule has 0 saturated carbocycles. The Balaban J connectivity index is 1.65. The van der Waals surface area contributed by atoms with E-state index in [4.69, 9.17) is 5.73 Å². The Hall–Kier alpha value is -1.31. The van der Waals surface area contributed by atoms with Gasteiger partial charge in [0, 0.05) is 37.3 Å². The number of nitrogens with zero attached hydrogens (tertiary/aromatic N) is 3. The lowest BCUT2D eigenvalue weighted by atomic mass is 10.1. The summed E-state index contributed by atoms with van der Waals surface area (Å²) in [4.78, 5) is 13.8. The van der Waals surface area contributed by atoms with Crippen molar-refractivity contribution < 1.29 is 5.11 Å². The van der Waals surface area contributed by atoms with Gasteiger partial charge in [0.05, 0.1) is 11.6 Å². The van der Waals surface area contributed by atoms with Crippen LogP contribution in [0.3, 0.4) is 0 Å². The van der Waals surface area contributed by atoms with Crippen molar-refractivity contribution in [3.8, 4) is 0 Å². The molecule has 22 heavy (non-hydrogen) atoms. The highest BCUT2D eigenvalue weighted by atomic mass is 32.2. The van der Waals surface area contributed by atoms with Gasteiger partial charge in [-0.15, -0.1) is 0 Å². The molecule has 0 bridgehead atoms. The molecule has 0 spiro atoms. The van der Waals surface area contributed by atoms with Gasteiger partial charge < -0.3 is 15.8 Å². The van der Waals surface area contributed by atoms with E-state index in [9.17, 15) is 5.11 Å². The van der Waals surface area contributed by atoms with Crippen molar-refractivity contribution in [2.75, 3.05) is 30.3 Å². The first-order valence-electron chi connectivity index (χ1n) is 7.73. The summed E-state index contributed by atoms with van der Waals surface area (Å²) in [7, 11) is 0. The number of hydrogen-bond donors (Lipinski definition) is 3. The predicted molar refractivity (Wildman–Crippen MR) is 90.7 cm³/mol. The Morgan fingerprint density at radius 1 is 1.45 bits per heavy atom. The van der Waals surface area contributed by atoms with Crippen LogP contribution in [0.1, 0.15) is 18.9 Å². The number of rotatable bonds is 6. The van der Waals surface area contributed by atoms with Crippen molar-refractivity contribution in [1.29, 1.82) is 0 Å². The van der Waals surface area contributed by atoms with Crippen LogP contribution in [0, 0.1) is 5.92 Å².